The van der Waals surface area contributed by atoms with E-state index < -0.39 is 17.7 Å². The quantitative estimate of drug-likeness (QED) is 0.335. The molecule has 1 saturated carbocycles. The lowest BCUT2D eigenvalue weighted by atomic mass is 9.80. The van der Waals surface area contributed by atoms with Crippen molar-refractivity contribution < 1.29 is 19.1 Å². The van der Waals surface area contributed by atoms with E-state index in [1.165, 1.54) is 4.90 Å². The van der Waals surface area contributed by atoms with E-state index in [4.69, 9.17) is 21.1 Å². The van der Waals surface area contributed by atoms with Gasteiger partial charge in [-0.1, -0.05) is 11.8 Å². The van der Waals surface area contributed by atoms with E-state index in [1.54, 1.807) is 48.0 Å². The van der Waals surface area contributed by atoms with Crippen molar-refractivity contribution in [1.82, 2.24) is 20.2 Å². The second kappa shape index (κ2) is 12.1. The molecule has 1 fully saturated rings. The van der Waals surface area contributed by atoms with Gasteiger partial charge in [0.15, 0.2) is 0 Å². The normalized spacial score (nSPS) is 18.3. The maximum Gasteiger partial charge on any atom is 0.410 e. The number of carbonyl (C=O) groups is 2. The fourth-order valence-electron chi connectivity index (χ4n) is 3.03. The molecule has 1 aliphatic carbocycles. The Kier molecular flexibility index (Phi) is 9.74. The topological polar surface area (TPSA) is 106 Å². The molecule has 1 aromatic heterocycles. The van der Waals surface area contributed by atoms with E-state index in [9.17, 15) is 9.59 Å². The number of methoxy groups -OCH3 is 1. The molecule has 1 heterocycles. The second-order valence-corrected chi connectivity index (χ2v) is 9.42. The molecule has 1 atom stereocenters. The number of hydrogen-bond donors (Lipinski definition) is 2. The monoisotopic (exact) mass is 479 g/mol. The third-order valence-corrected chi connectivity index (χ3v) is 5.30. The molecule has 10 heteroatoms. The number of amides is 2. The molecule has 2 rings (SSSR count). The molecule has 0 spiro atoms. The van der Waals surface area contributed by atoms with Crippen LogP contribution in [0.3, 0.4) is 0 Å². The van der Waals surface area contributed by atoms with Crippen LogP contribution in [0.1, 0.15) is 52.5 Å². The summed E-state index contributed by atoms with van der Waals surface area (Å²) in [5.74, 6) is 6.89. The maximum atomic E-state index is 12.5. The summed E-state index contributed by atoms with van der Waals surface area (Å²) in [6, 6.07) is -0.609. The zero-order valence-electron chi connectivity index (χ0n) is 20.2. The first kappa shape index (κ1) is 26.7. The van der Waals surface area contributed by atoms with Crippen molar-refractivity contribution in [2.45, 2.75) is 64.6 Å². The average Bonchev–Trinajstić information content (AvgIpc) is 2.71. The van der Waals surface area contributed by atoms with Crippen molar-refractivity contribution in [1.29, 1.82) is 0 Å². The molecule has 0 radical (unpaired) electrons. The number of carbonyl (C=O) groups excluding carboxylic acids is 2. The molecule has 0 bridgehead atoms. The van der Waals surface area contributed by atoms with Crippen LogP contribution in [0.25, 0.3) is 0 Å². The van der Waals surface area contributed by atoms with E-state index in [0.717, 1.165) is 19.3 Å². The highest BCUT2D eigenvalue weighted by Gasteiger charge is 2.32. The lowest BCUT2D eigenvalue weighted by Gasteiger charge is -2.34. The van der Waals surface area contributed by atoms with Gasteiger partial charge in [-0.2, -0.15) is 4.98 Å². The van der Waals surface area contributed by atoms with E-state index in [1.807, 2.05) is 0 Å². The molecule has 182 valence electrons. The van der Waals surface area contributed by atoms with Gasteiger partial charge in [-0.25, -0.2) is 9.78 Å². The smallest absolute Gasteiger partial charge is 0.410 e. The highest BCUT2D eigenvalue weighted by Crippen LogP contribution is 2.27. The maximum absolute atomic E-state index is 12.5. The molecule has 2 amide bonds. The zero-order chi connectivity index (χ0) is 24.6. The highest BCUT2D eigenvalue weighted by atomic mass is 35.5. The van der Waals surface area contributed by atoms with Gasteiger partial charge in [-0.15, -0.1) is 0 Å². The number of hydrogen-bond acceptors (Lipinski definition) is 7. The van der Waals surface area contributed by atoms with Crippen molar-refractivity contribution in [3.05, 3.63) is 17.0 Å². The fourth-order valence-corrected chi connectivity index (χ4v) is 3.17. The Morgan fingerprint density at radius 1 is 1.36 bits per heavy atom. The van der Waals surface area contributed by atoms with Crippen molar-refractivity contribution in [3.63, 3.8) is 0 Å². The number of likely N-dealkylation sites (N-methyl/N-ethyl adjacent to an activating group) is 1. The Morgan fingerprint density at radius 3 is 2.70 bits per heavy atom. The van der Waals surface area contributed by atoms with Crippen LogP contribution in [0.2, 0.25) is 5.28 Å². The molecular weight excluding hydrogens is 446 g/mol. The summed E-state index contributed by atoms with van der Waals surface area (Å²) >= 11 is 5.92. The summed E-state index contributed by atoms with van der Waals surface area (Å²) in [7, 11) is 3.22. The summed E-state index contributed by atoms with van der Waals surface area (Å²) in [6.45, 7) is 8.37. The Balaban J connectivity index is 1.85. The predicted molar refractivity (Wildman–Crippen MR) is 127 cm³/mol. The summed E-state index contributed by atoms with van der Waals surface area (Å²) in [4.78, 5) is 34.2. The van der Waals surface area contributed by atoms with E-state index in [0.29, 0.717) is 24.5 Å². The summed E-state index contributed by atoms with van der Waals surface area (Å²) in [5, 5.41) is 6.35. The van der Waals surface area contributed by atoms with Crippen molar-refractivity contribution in [3.8, 4) is 11.8 Å². The minimum absolute atomic E-state index is 0.0272. The summed E-state index contributed by atoms with van der Waals surface area (Å²) in [6.07, 6.45) is 3.39. The van der Waals surface area contributed by atoms with Crippen LogP contribution in [0.5, 0.6) is 0 Å². The van der Waals surface area contributed by atoms with Crippen LogP contribution >= 0.6 is 11.6 Å². The van der Waals surface area contributed by atoms with Gasteiger partial charge < -0.3 is 20.1 Å². The molecular formula is C23H34ClN5O4. The summed E-state index contributed by atoms with van der Waals surface area (Å²) in [5.41, 5.74) is 0.0625. The zero-order valence-corrected chi connectivity index (χ0v) is 21.0. The van der Waals surface area contributed by atoms with Gasteiger partial charge in [-0.05, 0) is 58.6 Å². The number of nitrogens with zero attached hydrogens (tertiary/aromatic N) is 3. The first-order valence-corrected chi connectivity index (χ1v) is 11.4. The third-order valence-electron chi connectivity index (χ3n) is 5.11. The van der Waals surface area contributed by atoms with Gasteiger partial charge in [0.1, 0.15) is 17.5 Å². The SMILES string of the molecule is COCCCNc1nc(Cl)ncc1C#C[C@H]1C[C@@H](NC(=O)[C@H](C)N(C)C(=O)OC(C)(C)C)C1. The van der Waals surface area contributed by atoms with Gasteiger partial charge in [0.05, 0.1) is 5.56 Å². The van der Waals surface area contributed by atoms with Gasteiger partial charge >= 0.3 is 6.09 Å². The number of rotatable bonds is 8. The predicted octanol–water partition coefficient (Wildman–Crippen LogP) is 3.08. The molecule has 33 heavy (non-hydrogen) atoms. The number of ether oxygens (including phenoxy) is 2. The molecule has 1 aliphatic rings. The minimum Gasteiger partial charge on any atom is -0.444 e. The van der Waals surface area contributed by atoms with Crippen LogP contribution < -0.4 is 10.6 Å². The lowest BCUT2D eigenvalue weighted by molar-refractivity contribution is -0.126. The molecule has 0 unspecified atom stereocenters. The molecule has 9 nitrogen and oxygen atoms in total. The number of halogens is 1. The Bertz CT molecular complexity index is 887. The van der Waals surface area contributed by atoms with Crippen LogP contribution in [0.15, 0.2) is 6.20 Å². The van der Waals surface area contributed by atoms with Crippen LogP contribution in [0, 0.1) is 17.8 Å². The van der Waals surface area contributed by atoms with E-state index in [-0.39, 0.29) is 23.2 Å². The first-order chi connectivity index (χ1) is 15.5. The van der Waals surface area contributed by atoms with Gasteiger partial charge in [0.2, 0.25) is 11.2 Å². The molecule has 1 aromatic rings. The van der Waals surface area contributed by atoms with E-state index in [2.05, 4.69) is 32.4 Å². The van der Waals surface area contributed by atoms with E-state index >= 15 is 0 Å². The fraction of sp³-hybridized carbons (Fsp3) is 0.652. The highest BCUT2D eigenvalue weighted by molar-refractivity contribution is 6.28. The van der Waals surface area contributed by atoms with Crippen LogP contribution in [-0.4, -0.2) is 71.9 Å². The van der Waals surface area contributed by atoms with Crippen LogP contribution in [-0.2, 0) is 14.3 Å². The standard InChI is InChI=1S/C23H34ClN5O4/c1-15(29(5)22(31)33-23(2,3)4)20(30)27-18-12-16(13-18)8-9-17-14-26-21(24)28-19(17)25-10-7-11-32-6/h14-16,18H,7,10-13H2,1-6H3,(H,27,30)(H,25,26,28)/t15-,16-,18+/m0/s1. The second-order valence-electron chi connectivity index (χ2n) is 9.08. The molecule has 2 N–H and O–H groups in total. The number of aromatic nitrogens is 2. The average molecular weight is 480 g/mol. The molecule has 0 aliphatic heterocycles. The Hall–Kier alpha value is -2.57. The largest absolute Gasteiger partial charge is 0.444 e. The Labute approximate surface area is 201 Å². The van der Waals surface area contributed by atoms with Gasteiger partial charge in [-0.3, -0.25) is 9.69 Å². The minimum atomic E-state index is -0.636. The summed E-state index contributed by atoms with van der Waals surface area (Å²) < 4.78 is 10.4. The van der Waals surface area contributed by atoms with Gasteiger partial charge in [0.25, 0.3) is 0 Å². The van der Waals surface area contributed by atoms with Crippen molar-refractivity contribution in [2.24, 2.45) is 5.92 Å². The Morgan fingerprint density at radius 2 is 2.06 bits per heavy atom. The van der Waals surface area contributed by atoms with Crippen molar-refractivity contribution >= 4 is 29.4 Å². The first-order valence-electron chi connectivity index (χ1n) is 11.0. The number of anilines is 1. The molecule has 0 saturated heterocycles. The lowest BCUT2D eigenvalue weighted by Crippen LogP contribution is -2.52. The van der Waals surface area contributed by atoms with Crippen LogP contribution in [0.4, 0.5) is 10.6 Å². The van der Waals surface area contributed by atoms with Gasteiger partial charge in [0, 0.05) is 45.5 Å². The molecule has 0 aromatic carbocycles. The third kappa shape index (κ3) is 8.71. The number of nitrogens with one attached hydrogen (secondary N) is 2. The van der Waals surface area contributed by atoms with Crippen molar-refractivity contribution in [2.75, 3.05) is 32.6 Å².